The van der Waals surface area contributed by atoms with Gasteiger partial charge >= 0.3 is 0 Å². The van der Waals surface area contributed by atoms with Gasteiger partial charge in [0.25, 0.3) is 0 Å². The monoisotopic (exact) mass is 224 g/mol. The van der Waals surface area contributed by atoms with E-state index in [4.69, 9.17) is 5.73 Å². The molecule has 0 fully saturated rings. The van der Waals surface area contributed by atoms with Crippen LogP contribution in [0.4, 0.5) is 0 Å². The second kappa shape index (κ2) is 6.01. The number of rotatable bonds is 7. The molecule has 0 aliphatic rings. The normalized spacial score (nSPS) is 12.3. The van der Waals surface area contributed by atoms with Crippen LogP contribution in [0.25, 0.3) is 0 Å². The number of hydrogen-bond acceptors (Lipinski definition) is 3. The largest absolute Gasteiger partial charge is 0.336 e. The molecule has 0 aliphatic heterocycles. The Morgan fingerprint density at radius 3 is 2.69 bits per heavy atom. The van der Waals surface area contributed by atoms with Crippen LogP contribution >= 0.6 is 0 Å². The van der Waals surface area contributed by atoms with Crippen molar-refractivity contribution in [3.05, 3.63) is 18.7 Å². The van der Waals surface area contributed by atoms with Crippen molar-refractivity contribution in [2.45, 2.75) is 27.3 Å². The van der Waals surface area contributed by atoms with Crippen molar-refractivity contribution in [2.75, 3.05) is 26.2 Å². The summed E-state index contributed by atoms with van der Waals surface area (Å²) in [4.78, 5) is 6.48. The van der Waals surface area contributed by atoms with Crippen LogP contribution in [0.15, 0.2) is 18.7 Å². The van der Waals surface area contributed by atoms with Crippen molar-refractivity contribution in [3.8, 4) is 0 Å². The van der Waals surface area contributed by atoms with Gasteiger partial charge in [0.2, 0.25) is 0 Å². The fraction of sp³-hybridized carbons (Fsp3) is 0.750. The van der Waals surface area contributed by atoms with E-state index >= 15 is 0 Å². The summed E-state index contributed by atoms with van der Waals surface area (Å²) in [5.41, 5.74) is 5.96. The second-order valence-electron chi connectivity index (χ2n) is 5.04. The SMILES string of the molecule is CCN(CCn1ccnc1)CC(C)(C)CN. The topological polar surface area (TPSA) is 47.1 Å². The highest BCUT2D eigenvalue weighted by atomic mass is 15.2. The molecule has 16 heavy (non-hydrogen) atoms. The van der Waals surface area contributed by atoms with Crippen molar-refractivity contribution >= 4 is 0 Å². The summed E-state index contributed by atoms with van der Waals surface area (Å²) in [7, 11) is 0. The molecule has 0 radical (unpaired) electrons. The third-order valence-corrected chi connectivity index (χ3v) is 2.89. The van der Waals surface area contributed by atoms with E-state index < -0.39 is 0 Å². The summed E-state index contributed by atoms with van der Waals surface area (Å²) in [5, 5.41) is 0. The molecule has 2 N–H and O–H groups in total. The van der Waals surface area contributed by atoms with E-state index in [9.17, 15) is 0 Å². The van der Waals surface area contributed by atoms with E-state index in [-0.39, 0.29) is 5.41 Å². The predicted molar refractivity (Wildman–Crippen MR) is 67.2 cm³/mol. The minimum atomic E-state index is 0.199. The summed E-state index contributed by atoms with van der Waals surface area (Å²) in [6, 6.07) is 0. The fourth-order valence-electron chi connectivity index (χ4n) is 1.69. The summed E-state index contributed by atoms with van der Waals surface area (Å²) in [6.07, 6.45) is 5.68. The molecule has 0 saturated heterocycles. The van der Waals surface area contributed by atoms with Gasteiger partial charge < -0.3 is 15.2 Å². The number of imidazole rings is 1. The van der Waals surface area contributed by atoms with Gasteiger partial charge in [-0.25, -0.2) is 4.98 Å². The summed E-state index contributed by atoms with van der Waals surface area (Å²) in [6.45, 7) is 11.5. The molecule has 92 valence electrons. The Morgan fingerprint density at radius 1 is 1.44 bits per heavy atom. The van der Waals surface area contributed by atoms with E-state index in [1.165, 1.54) is 0 Å². The molecule has 4 nitrogen and oxygen atoms in total. The Kier molecular flexibility index (Phi) is 4.96. The van der Waals surface area contributed by atoms with Gasteiger partial charge in [-0.15, -0.1) is 0 Å². The molecule has 0 unspecified atom stereocenters. The number of hydrogen-bond donors (Lipinski definition) is 1. The van der Waals surface area contributed by atoms with E-state index in [0.717, 1.165) is 32.7 Å². The third kappa shape index (κ3) is 4.33. The Balaban J connectivity index is 2.37. The predicted octanol–water partition coefficient (Wildman–Crippen LogP) is 1.19. The first-order valence-corrected chi connectivity index (χ1v) is 5.95. The van der Waals surface area contributed by atoms with Gasteiger partial charge in [0, 0.05) is 32.0 Å². The van der Waals surface area contributed by atoms with E-state index in [0.29, 0.717) is 0 Å². The van der Waals surface area contributed by atoms with Crippen molar-refractivity contribution in [1.29, 1.82) is 0 Å². The lowest BCUT2D eigenvalue weighted by Crippen LogP contribution is -2.40. The lowest BCUT2D eigenvalue weighted by molar-refractivity contribution is 0.184. The molecule has 0 spiro atoms. The van der Waals surface area contributed by atoms with Crippen LogP contribution in [-0.2, 0) is 6.54 Å². The third-order valence-electron chi connectivity index (χ3n) is 2.89. The first kappa shape index (κ1) is 13.2. The number of nitrogens with two attached hydrogens (primary N) is 1. The van der Waals surface area contributed by atoms with Crippen LogP contribution in [0, 0.1) is 5.41 Å². The molecular formula is C12H24N4. The number of likely N-dealkylation sites (N-methyl/N-ethyl adjacent to an activating group) is 1. The molecule has 0 aromatic carbocycles. The van der Waals surface area contributed by atoms with Crippen LogP contribution in [0.1, 0.15) is 20.8 Å². The van der Waals surface area contributed by atoms with E-state index in [1.807, 2.05) is 18.7 Å². The molecule has 0 aliphatic carbocycles. The Hall–Kier alpha value is -0.870. The second-order valence-corrected chi connectivity index (χ2v) is 5.04. The van der Waals surface area contributed by atoms with Crippen LogP contribution in [-0.4, -0.2) is 40.6 Å². The summed E-state index contributed by atoms with van der Waals surface area (Å²) in [5.74, 6) is 0. The lowest BCUT2D eigenvalue weighted by Gasteiger charge is -2.31. The molecule has 4 heteroatoms. The highest BCUT2D eigenvalue weighted by Gasteiger charge is 2.18. The van der Waals surface area contributed by atoms with Crippen LogP contribution in [0.5, 0.6) is 0 Å². The molecule has 0 atom stereocenters. The maximum atomic E-state index is 5.76. The first-order chi connectivity index (χ1) is 7.57. The average Bonchev–Trinajstić information content (AvgIpc) is 2.77. The van der Waals surface area contributed by atoms with Gasteiger partial charge in [-0.1, -0.05) is 20.8 Å². The van der Waals surface area contributed by atoms with Gasteiger partial charge in [-0.05, 0) is 18.5 Å². The van der Waals surface area contributed by atoms with Gasteiger partial charge in [-0.2, -0.15) is 0 Å². The Labute approximate surface area is 98.5 Å². The fourth-order valence-corrected chi connectivity index (χ4v) is 1.69. The number of aromatic nitrogens is 2. The van der Waals surface area contributed by atoms with E-state index in [1.54, 1.807) is 0 Å². The summed E-state index contributed by atoms with van der Waals surface area (Å²) >= 11 is 0. The molecule has 1 rings (SSSR count). The van der Waals surface area contributed by atoms with Crippen molar-refractivity contribution in [2.24, 2.45) is 11.1 Å². The van der Waals surface area contributed by atoms with Gasteiger partial charge in [-0.3, -0.25) is 0 Å². The van der Waals surface area contributed by atoms with E-state index in [2.05, 4.69) is 35.2 Å². The molecule has 0 amide bonds. The molecule has 1 aromatic heterocycles. The lowest BCUT2D eigenvalue weighted by atomic mass is 9.93. The minimum absolute atomic E-state index is 0.199. The highest BCUT2D eigenvalue weighted by molar-refractivity contribution is 4.77. The smallest absolute Gasteiger partial charge is 0.0946 e. The van der Waals surface area contributed by atoms with Crippen LogP contribution in [0.3, 0.4) is 0 Å². The maximum Gasteiger partial charge on any atom is 0.0946 e. The average molecular weight is 224 g/mol. The quantitative estimate of drug-likeness (QED) is 0.757. The molecule has 1 heterocycles. The van der Waals surface area contributed by atoms with Crippen LogP contribution in [0.2, 0.25) is 0 Å². The van der Waals surface area contributed by atoms with Gasteiger partial charge in [0.05, 0.1) is 6.33 Å². The highest BCUT2D eigenvalue weighted by Crippen LogP contribution is 2.14. The molecule has 0 bridgehead atoms. The first-order valence-electron chi connectivity index (χ1n) is 5.95. The van der Waals surface area contributed by atoms with Crippen LogP contribution < -0.4 is 5.73 Å². The van der Waals surface area contributed by atoms with Crippen molar-refractivity contribution in [1.82, 2.24) is 14.5 Å². The zero-order chi connectivity index (χ0) is 12.0. The maximum absolute atomic E-state index is 5.76. The zero-order valence-corrected chi connectivity index (χ0v) is 10.7. The summed E-state index contributed by atoms with van der Waals surface area (Å²) < 4.78 is 2.11. The molecule has 0 saturated carbocycles. The Bertz CT molecular complexity index is 279. The Morgan fingerprint density at radius 2 is 2.19 bits per heavy atom. The van der Waals surface area contributed by atoms with Gasteiger partial charge in [0.15, 0.2) is 0 Å². The molecular weight excluding hydrogens is 200 g/mol. The standard InChI is InChI=1S/C12H24N4/c1-4-15(10-12(2,3)9-13)7-8-16-6-5-14-11-16/h5-6,11H,4,7-10,13H2,1-3H3. The van der Waals surface area contributed by atoms with Crippen molar-refractivity contribution < 1.29 is 0 Å². The zero-order valence-electron chi connectivity index (χ0n) is 10.7. The minimum Gasteiger partial charge on any atom is -0.336 e. The number of nitrogens with zero attached hydrogens (tertiary/aromatic N) is 3. The molecule has 1 aromatic rings. The van der Waals surface area contributed by atoms with Crippen molar-refractivity contribution in [3.63, 3.8) is 0 Å². The van der Waals surface area contributed by atoms with Gasteiger partial charge in [0.1, 0.15) is 0 Å².